The first-order valence-corrected chi connectivity index (χ1v) is 7.20. The lowest BCUT2D eigenvalue weighted by Crippen LogP contribution is -2.17. The summed E-state index contributed by atoms with van der Waals surface area (Å²) in [6.07, 6.45) is 2.29. The average Bonchev–Trinajstić information content (AvgIpc) is 2.33. The predicted molar refractivity (Wildman–Crippen MR) is 71.7 cm³/mol. The zero-order valence-corrected chi connectivity index (χ0v) is 11.5. The second-order valence-corrected chi connectivity index (χ2v) is 6.14. The van der Waals surface area contributed by atoms with Crippen LogP contribution in [0.5, 0.6) is 0 Å². The van der Waals surface area contributed by atoms with Crippen molar-refractivity contribution in [2.45, 2.75) is 29.5 Å². The van der Waals surface area contributed by atoms with Crippen molar-refractivity contribution in [3.8, 4) is 0 Å². The van der Waals surface area contributed by atoms with Gasteiger partial charge in [0.05, 0.1) is 0 Å². The van der Waals surface area contributed by atoms with Crippen LogP contribution in [0.25, 0.3) is 0 Å². The van der Waals surface area contributed by atoms with Crippen LogP contribution < -0.4 is 5.73 Å². The molecule has 0 spiro atoms. The number of ether oxygens (including phenoxy) is 1. The van der Waals surface area contributed by atoms with E-state index in [4.69, 9.17) is 10.5 Å². The maximum absolute atomic E-state index is 5.77. The van der Waals surface area contributed by atoms with E-state index in [-0.39, 0.29) is 0 Å². The third-order valence-corrected chi connectivity index (χ3v) is 4.65. The molecule has 1 saturated heterocycles. The number of hydrogen-bond donors (Lipinski definition) is 1. The fourth-order valence-electron chi connectivity index (χ4n) is 1.80. The molecule has 1 aromatic rings. The maximum Gasteiger partial charge on any atom is 0.0476 e. The molecule has 0 saturated carbocycles. The Morgan fingerprint density at radius 2 is 2.12 bits per heavy atom. The van der Waals surface area contributed by atoms with Crippen molar-refractivity contribution in [1.29, 1.82) is 0 Å². The highest BCUT2D eigenvalue weighted by molar-refractivity contribution is 9.10. The van der Waals surface area contributed by atoms with E-state index in [1.54, 1.807) is 0 Å². The number of hydrogen-bond acceptors (Lipinski definition) is 3. The summed E-state index contributed by atoms with van der Waals surface area (Å²) in [7, 11) is 0. The Morgan fingerprint density at radius 1 is 1.38 bits per heavy atom. The summed E-state index contributed by atoms with van der Waals surface area (Å²) in [6, 6.07) is 6.36. The van der Waals surface area contributed by atoms with Crippen LogP contribution in [0.15, 0.2) is 27.6 Å². The molecule has 1 aromatic carbocycles. The van der Waals surface area contributed by atoms with Gasteiger partial charge in [0.25, 0.3) is 0 Å². The SMILES string of the molecule is NCc1cc(Br)ccc1SC1CCOCC1. The summed E-state index contributed by atoms with van der Waals surface area (Å²) in [5, 5.41) is 0.681. The summed E-state index contributed by atoms with van der Waals surface area (Å²) in [5.41, 5.74) is 6.99. The van der Waals surface area contributed by atoms with Gasteiger partial charge in [-0.15, -0.1) is 11.8 Å². The van der Waals surface area contributed by atoms with Gasteiger partial charge < -0.3 is 10.5 Å². The van der Waals surface area contributed by atoms with Crippen molar-refractivity contribution in [1.82, 2.24) is 0 Å². The van der Waals surface area contributed by atoms with Crippen molar-refractivity contribution >= 4 is 27.7 Å². The molecule has 88 valence electrons. The van der Waals surface area contributed by atoms with Crippen molar-refractivity contribution < 1.29 is 4.74 Å². The number of rotatable bonds is 3. The van der Waals surface area contributed by atoms with Crippen LogP contribution in [0, 0.1) is 0 Å². The molecule has 1 fully saturated rings. The lowest BCUT2D eigenvalue weighted by atomic mass is 10.2. The molecule has 1 aliphatic rings. The van der Waals surface area contributed by atoms with Crippen LogP contribution in [0.4, 0.5) is 0 Å². The van der Waals surface area contributed by atoms with Gasteiger partial charge in [0.2, 0.25) is 0 Å². The fraction of sp³-hybridized carbons (Fsp3) is 0.500. The Labute approximate surface area is 109 Å². The van der Waals surface area contributed by atoms with Gasteiger partial charge >= 0.3 is 0 Å². The smallest absolute Gasteiger partial charge is 0.0476 e. The Kier molecular flexibility index (Phi) is 4.70. The highest BCUT2D eigenvalue weighted by Gasteiger charge is 2.16. The van der Waals surface area contributed by atoms with E-state index in [1.165, 1.54) is 10.5 Å². The van der Waals surface area contributed by atoms with Crippen LogP contribution in [0.2, 0.25) is 0 Å². The molecule has 0 unspecified atom stereocenters. The molecule has 0 atom stereocenters. The van der Waals surface area contributed by atoms with Crippen LogP contribution in [-0.2, 0) is 11.3 Å². The van der Waals surface area contributed by atoms with Gasteiger partial charge in [-0.3, -0.25) is 0 Å². The minimum atomic E-state index is 0.602. The zero-order valence-electron chi connectivity index (χ0n) is 9.12. The van der Waals surface area contributed by atoms with Gasteiger partial charge in [-0.25, -0.2) is 0 Å². The largest absolute Gasteiger partial charge is 0.381 e. The fourth-order valence-corrected chi connectivity index (χ4v) is 3.43. The van der Waals surface area contributed by atoms with E-state index in [0.29, 0.717) is 11.8 Å². The Hall–Kier alpha value is -0.0300. The van der Waals surface area contributed by atoms with E-state index in [0.717, 1.165) is 30.5 Å². The molecule has 0 radical (unpaired) electrons. The van der Waals surface area contributed by atoms with Gasteiger partial charge in [-0.05, 0) is 36.6 Å². The first-order valence-electron chi connectivity index (χ1n) is 5.52. The molecule has 4 heteroatoms. The van der Waals surface area contributed by atoms with E-state index < -0.39 is 0 Å². The Morgan fingerprint density at radius 3 is 2.81 bits per heavy atom. The monoisotopic (exact) mass is 301 g/mol. The summed E-state index contributed by atoms with van der Waals surface area (Å²) in [6.45, 7) is 2.39. The van der Waals surface area contributed by atoms with E-state index >= 15 is 0 Å². The lowest BCUT2D eigenvalue weighted by molar-refractivity contribution is 0.100. The standard InChI is InChI=1S/C12H16BrNOS/c13-10-1-2-12(9(7-10)8-14)16-11-3-5-15-6-4-11/h1-2,7,11H,3-6,8,14H2. The van der Waals surface area contributed by atoms with Crippen molar-refractivity contribution in [2.75, 3.05) is 13.2 Å². The van der Waals surface area contributed by atoms with Crippen LogP contribution in [-0.4, -0.2) is 18.5 Å². The Bertz CT molecular complexity index is 353. The Balaban J connectivity index is 2.07. The molecule has 16 heavy (non-hydrogen) atoms. The normalized spacial score (nSPS) is 17.6. The van der Waals surface area contributed by atoms with Crippen LogP contribution in [0.1, 0.15) is 18.4 Å². The minimum Gasteiger partial charge on any atom is -0.381 e. The van der Waals surface area contributed by atoms with E-state index in [2.05, 4.69) is 34.1 Å². The average molecular weight is 302 g/mol. The summed E-state index contributed by atoms with van der Waals surface area (Å²) < 4.78 is 6.47. The zero-order chi connectivity index (χ0) is 11.4. The first kappa shape index (κ1) is 12.4. The van der Waals surface area contributed by atoms with Crippen molar-refractivity contribution in [2.24, 2.45) is 5.73 Å². The summed E-state index contributed by atoms with van der Waals surface area (Å²) in [4.78, 5) is 1.32. The molecule has 0 bridgehead atoms. The molecule has 2 rings (SSSR count). The highest BCUT2D eigenvalue weighted by atomic mass is 79.9. The van der Waals surface area contributed by atoms with Crippen LogP contribution in [0.3, 0.4) is 0 Å². The summed E-state index contributed by atoms with van der Waals surface area (Å²) in [5.74, 6) is 0. The van der Waals surface area contributed by atoms with Gasteiger partial charge in [0, 0.05) is 34.4 Å². The molecule has 2 nitrogen and oxygen atoms in total. The quantitative estimate of drug-likeness (QED) is 0.931. The maximum atomic E-state index is 5.77. The van der Waals surface area contributed by atoms with Crippen molar-refractivity contribution in [3.63, 3.8) is 0 Å². The third kappa shape index (κ3) is 3.23. The lowest BCUT2D eigenvalue weighted by Gasteiger charge is -2.22. The molecule has 0 aromatic heterocycles. The van der Waals surface area contributed by atoms with Gasteiger partial charge in [0.15, 0.2) is 0 Å². The number of halogens is 1. The molecule has 0 aliphatic carbocycles. The highest BCUT2D eigenvalue weighted by Crippen LogP contribution is 2.33. The van der Waals surface area contributed by atoms with Gasteiger partial charge in [0.1, 0.15) is 0 Å². The molecule has 2 N–H and O–H groups in total. The predicted octanol–water partition coefficient (Wildman–Crippen LogP) is 3.18. The van der Waals surface area contributed by atoms with E-state index in [1.807, 2.05) is 11.8 Å². The van der Waals surface area contributed by atoms with Crippen LogP contribution >= 0.6 is 27.7 Å². The minimum absolute atomic E-state index is 0.602. The second-order valence-electron chi connectivity index (χ2n) is 3.89. The topological polar surface area (TPSA) is 35.2 Å². The molecular formula is C12H16BrNOS. The van der Waals surface area contributed by atoms with E-state index in [9.17, 15) is 0 Å². The number of thioether (sulfide) groups is 1. The molecule has 1 heterocycles. The summed E-state index contributed by atoms with van der Waals surface area (Å²) >= 11 is 5.42. The number of benzene rings is 1. The van der Waals surface area contributed by atoms with Crippen molar-refractivity contribution in [3.05, 3.63) is 28.2 Å². The molecular weight excluding hydrogens is 286 g/mol. The molecule has 1 aliphatic heterocycles. The second kappa shape index (κ2) is 6.05. The number of nitrogens with two attached hydrogens (primary N) is 1. The van der Waals surface area contributed by atoms with Gasteiger partial charge in [-0.2, -0.15) is 0 Å². The first-order chi connectivity index (χ1) is 7.79. The molecule has 0 amide bonds. The van der Waals surface area contributed by atoms with Gasteiger partial charge in [-0.1, -0.05) is 15.9 Å². The third-order valence-electron chi connectivity index (χ3n) is 2.70.